The zero-order valence-corrected chi connectivity index (χ0v) is 10.5. The highest BCUT2D eigenvalue weighted by atomic mass is 127. The molecule has 1 aliphatic rings. The van der Waals surface area contributed by atoms with Crippen molar-refractivity contribution < 1.29 is 0 Å². The zero-order chi connectivity index (χ0) is 9.68. The molecule has 0 spiro atoms. The SMILES string of the molecule is CC(C)C#CCN1CCN(I)CC1. The molecule has 3 heteroatoms. The third-order valence-electron chi connectivity index (χ3n) is 2.01. The van der Waals surface area contributed by atoms with Gasteiger partial charge in [-0.25, -0.2) is 3.11 Å². The first-order valence-electron chi connectivity index (χ1n) is 4.80. The standard InChI is InChI=1S/C10H17IN2/c1-10(2)4-3-5-12-6-8-13(11)9-7-12/h10H,5-9H2,1-2H3. The van der Waals surface area contributed by atoms with Gasteiger partial charge in [0.1, 0.15) is 0 Å². The zero-order valence-electron chi connectivity index (χ0n) is 8.39. The van der Waals surface area contributed by atoms with Gasteiger partial charge < -0.3 is 0 Å². The van der Waals surface area contributed by atoms with E-state index in [0.29, 0.717) is 5.92 Å². The molecular weight excluding hydrogens is 275 g/mol. The lowest BCUT2D eigenvalue weighted by Crippen LogP contribution is -2.42. The lowest BCUT2D eigenvalue weighted by Gasteiger charge is -2.29. The number of piperazine rings is 1. The van der Waals surface area contributed by atoms with Gasteiger partial charge in [-0.1, -0.05) is 25.7 Å². The first-order chi connectivity index (χ1) is 6.18. The van der Waals surface area contributed by atoms with Crippen molar-refractivity contribution in [2.24, 2.45) is 5.92 Å². The van der Waals surface area contributed by atoms with E-state index < -0.39 is 0 Å². The second-order valence-electron chi connectivity index (χ2n) is 3.66. The van der Waals surface area contributed by atoms with E-state index >= 15 is 0 Å². The summed E-state index contributed by atoms with van der Waals surface area (Å²) in [4.78, 5) is 2.42. The van der Waals surface area contributed by atoms with Gasteiger partial charge in [-0.05, 0) is 0 Å². The van der Waals surface area contributed by atoms with Gasteiger partial charge >= 0.3 is 0 Å². The van der Waals surface area contributed by atoms with Crippen LogP contribution in [-0.4, -0.2) is 40.7 Å². The molecule has 0 atom stereocenters. The minimum atomic E-state index is 0.505. The molecule has 0 aromatic rings. The molecular formula is C10H17IN2. The van der Waals surface area contributed by atoms with Crippen molar-refractivity contribution in [3.05, 3.63) is 0 Å². The second-order valence-corrected chi connectivity index (χ2v) is 5.03. The molecule has 0 aliphatic carbocycles. The number of halogens is 1. The van der Waals surface area contributed by atoms with Gasteiger partial charge in [0.25, 0.3) is 0 Å². The average molecular weight is 292 g/mol. The predicted octanol–water partition coefficient (Wildman–Crippen LogP) is 1.61. The number of nitrogens with zero attached hydrogens (tertiary/aromatic N) is 2. The van der Waals surface area contributed by atoms with E-state index in [1.54, 1.807) is 0 Å². The first kappa shape index (κ1) is 11.3. The molecule has 2 nitrogen and oxygen atoms in total. The Morgan fingerprint density at radius 1 is 1.23 bits per heavy atom. The van der Waals surface area contributed by atoms with Crippen molar-refractivity contribution >= 4 is 22.9 Å². The summed E-state index contributed by atoms with van der Waals surface area (Å²) in [6, 6.07) is 0. The third-order valence-corrected chi connectivity index (χ3v) is 2.98. The molecule has 0 aromatic heterocycles. The van der Waals surface area contributed by atoms with Gasteiger partial charge in [-0.2, -0.15) is 0 Å². The number of hydrogen-bond acceptors (Lipinski definition) is 2. The summed E-state index contributed by atoms with van der Waals surface area (Å²) in [5.74, 6) is 6.93. The van der Waals surface area contributed by atoms with Crippen LogP contribution >= 0.6 is 22.9 Å². The maximum absolute atomic E-state index is 3.22. The van der Waals surface area contributed by atoms with E-state index in [9.17, 15) is 0 Å². The summed E-state index contributed by atoms with van der Waals surface area (Å²) >= 11 is 2.39. The Kier molecular flexibility index (Phi) is 5.07. The molecule has 0 aromatic carbocycles. The third kappa shape index (κ3) is 4.84. The van der Waals surface area contributed by atoms with Crippen LogP contribution in [0.15, 0.2) is 0 Å². The highest BCUT2D eigenvalue weighted by molar-refractivity contribution is 14.1. The fraction of sp³-hybridized carbons (Fsp3) is 0.800. The van der Waals surface area contributed by atoms with E-state index in [2.05, 4.69) is 56.6 Å². The Labute approximate surface area is 95.2 Å². The quantitative estimate of drug-likeness (QED) is 0.412. The number of rotatable bonds is 1. The summed E-state index contributed by atoms with van der Waals surface area (Å²) in [5.41, 5.74) is 0. The van der Waals surface area contributed by atoms with E-state index in [-0.39, 0.29) is 0 Å². The van der Waals surface area contributed by atoms with Crippen LogP contribution in [0.3, 0.4) is 0 Å². The van der Waals surface area contributed by atoms with Gasteiger partial charge in [0.2, 0.25) is 0 Å². The smallest absolute Gasteiger partial charge is 0.0602 e. The fourth-order valence-corrected chi connectivity index (χ4v) is 1.67. The summed E-state index contributed by atoms with van der Waals surface area (Å²) in [6.45, 7) is 9.88. The minimum Gasteiger partial charge on any atom is -0.290 e. The van der Waals surface area contributed by atoms with Gasteiger partial charge in [0.15, 0.2) is 0 Å². The molecule has 1 saturated heterocycles. The molecule has 0 saturated carbocycles. The Bertz CT molecular complexity index is 197. The van der Waals surface area contributed by atoms with Gasteiger partial charge in [0.05, 0.1) is 6.54 Å². The van der Waals surface area contributed by atoms with Crippen molar-refractivity contribution in [1.82, 2.24) is 8.01 Å². The van der Waals surface area contributed by atoms with E-state index in [1.807, 2.05) is 0 Å². The lowest BCUT2D eigenvalue weighted by molar-refractivity contribution is 0.227. The van der Waals surface area contributed by atoms with Crippen molar-refractivity contribution in [1.29, 1.82) is 0 Å². The molecule has 0 N–H and O–H groups in total. The molecule has 1 rings (SSSR count). The summed E-state index contributed by atoms with van der Waals surface area (Å²) in [5, 5.41) is 0. The van der Waals surface area contributed by atoms with Crippen LogP contribution in [0.5, 0.6) is 0 Å². The Morgan fingerprint density at radius 2 is 1.85 bits per heavy atom. The summed E-state index contributed by atoms with van der Waals surface area (Å²) in [6.07, 6.45) is 0. The molecule has 0 unspecified atom stereocenters. The van der Waals surface area contributed by atoms with Crippen LogP contribution in [0.2, 0.25) is 0 Å². The molecule has 1 fully saturated rings. The Morgan fingerprint density at radius 3 is 2.38 bits per heavy atom. The highest BCUT2D eigenvalue weighted by Gasteiger charge is 2.12. The van der Waals surface area contributed by atoms with Crippen LogP contribution < -0.4 is 0 Å². The molecule has 1 heterocycles. The van der Waals surface area contributed by atoms with Crippen LogP contribution in [0.4, 0.5) is 0 Å². The molecule has 74 valence electrons. The fourth-order valence-electron chi connectivity index (χ4n) is 1.24. The molecule has 0 radical (unpaired) electrons. The largest absolute Gasteiger partial charge is 0.290 e. The maximum atomic E-state index is 3.22. The lowest BCUT2D eigenvalue weighted by atomic mass is 10.2. The van der Waals surface area contributed by atoms with Crippen molar-refractivity contribution in [2.75, 3.05) is 32.7 Å². The predicted molar refractivity (Wildman–Crippen MR) is 64.6 cm³/mol. The molecule has 0 amide bonds. The van der Waals surface area contributed by atoms with Crippen molar-refractivity contribution in [3.63, 3.8) is 0 Å². The first-order valence-corrected chi connectivity index (χ1v) is 5.76. The minimum absolute atomic E-state index is 0.505. The van der Waals surface area contributed by atoms with E-state index in [1.165, 1.54) is 13.1 Å². The average Bonchev–Trinajstić information content (AvgIpc) is 2.08. The normalized spacial score (nSPS) is 20.0. The van der Waals surface area contributed by atoms with Crippen molar-refractivity contribution in [2.45, 2.75) is 13.8 Å². The maximum Gasteiger partial charge on any atom is 0.0602 e. The van der Waals surface area contributed by atoms with Gasteiger partial charge in [-0.15, -0.1) is 0 Å². The summed E-state index contributed by atoms with van der Waals surface area (Å²) < 4.78 is 2.34. The van der Waals surface area contributed by atoms with Crippen LogP contribution in [0.25, 0.3) is 0 Å². The van der Waals surface area contributed by atoms with Gasteiger partial charge in [-0.3, -0.25) is 4.90 Å². The summed E-state index contributed by atoms with van der Waals surface area (Å²) in [7, 11) is 0. The van der Waals surface area contributed by atoms with Crippen LogP contribution in [-0.2, 0) is 0 Å². The molecule has 13 heavy (non-hydrogen) atoms. The van der Waals surface area contributed by atoms with Crippen LogP contribution in [0, 0.1) is 17.8 Å². The second kappa shape index (κ2) is 5.84. The Hall–Kier alpha value is 0.210. The highest BCUT2D eigenvalue weighted by Crippen LogP contribution is 2.05. The van der Waals surface area contributed by atoms with Crippen LogP contribution in [0.1, 0.15) is 13.8 Å². The van der Waals surface area contributed by atoms with Gasteiger partial charge in [0, 0.05) is 55.0 Å². The van der Waals surface area contributed by atoms with E-state index in [0.717, 1.165) is 19.6 Å². The topological polar surface area (TPSA) is 6.48 Å². The molecule has 1 aliphatic heterocycles. The van der Waals surface area contributed by atoms with Crippen molar-refractivity contribution in [3.8, 4) is 11.8 Å². The number of hydrogen-bond donors (Lipinski definition) is 0. The Balaban J connectivity index is 2.20. The monoisotopic (exact) mass is 292 g/mol. The van der Waals surface area contributed by atoms with E-state index in [4.69, 9.17) is 0 Å². The molecule has 0 bridgehead atoms.